The van der Waals surface area contributed by atoms with Crippen LogP contribution >= 0.6 is 0 Å². The number of benzene rings is 1. The Kier molecular flexibility index (Phi) is 4.09. The summed E-state index contributed by atoms with van der Waals surface area (Å²) in [5.41, 5.74) is 0.669. The zero-order valence-electron chi connectivity index (χ0n) is 12.5. The number of hydrogen-bond acceptors (Lipinski definition) is 4. The third kappa shape index (κ3) is 2.87. The van der Waals surface area contributed by atoms with Crippen LogP contribution in [0.4, 0.5) is 0 Å². The highest BCUT2D eigenvalue weighted by molar-refractivity contribution is 5.45. The minimum Gasteiger partial charge on any atom is -0.490 e. The Labute approximate surface area is 125 Å². The van der Waals surface area contributed by atoms with E-state index in [1.807, 2.05) is 24.3 Å². The first-order valence-electron chi connectivity index (χ1n) is 7.77. The number of para-hydroxylation sites is 1. The van der Waals surface area contributed by atoms with E-state index in [9.17, 15) is 4.79 Å². The van der Waals surface area contributed by atoms with E-state index >= 15 is 0 Å². The molecule has 2 aliphatic rings. The number of isocyanates is 1. The maximum atomic E-state index is 10.8. The number of likely N-dealkylation sites (tertiary alicyclic amines) is 1. The third-order valence-corrected chi connectivity index (χ3v) is 4.79. The van der Waals surface area contributed by atoms with Crippen molar-refractivity contribution in [3.8, 4) is 5.75 Å². The monoisotopic (exact) mass is 286 g/mol. The van der Waals surface area contributed by atoms with Gasteiger partial charge in [0.2, 0.25) is 6.08 Å². The van der Waals surface area contributed by atoms with E-state index in [1.165, 1.54) is 0 Å². The lowest BCUT2D eigenvalue weighted by molar-refractivity contribution is 0.109. The molecule has 21 heavy (non-hydrogen) atoms. The second kappa shape index (κ2) is 6.00. The van der Waals surface area contributed by atoms with Crippen molar-refractivity contribution in [1.82, 2.24) is 4.90 Å². The van der Waals surface area contributed by atoms with Gasteiger partial charge in [0.1, 0.15) is 17.4 Å². The van der Waals surface area contributed by atoms with Crippen LogP contribution in [0.3, 0.4) is 0 Å². The van der Waals surface area contributed by atoms with Gasteiger partial charge < -0.3 is 9.64 Å². The van der Waals surface area contributed by atoms with E-state index in [0.29, 0.717) is 0 Å². The zero-order chi connectivity index (χ0) is 14.7. The fourth-order valence-electron chi connectivity index (χ4n) is 3.28. The molecule has 0 spiro atoms. The average Bonchev–Trinajstić information content (AvgIpc) is 2.46. The van der Waals surface area contributed by atoms with Crippen molar-refractivity contribution < 1.29 is 9.53 Å². The fraction of sp³-hybridized carbons (Fsp3) is 0.588. The van der Waals surface area contributed by atoms with Gasteiger partial charge in [0.05, 0.1) is 0 Å². The zero-order valence-corrected chi connectivity index (χ0v) is 12.5. The average molecular weight is 286 g/mol. The number of carbonyl (C=O) groups excluding carboxylic acids is 1. The van der Waals surface area contributed by atoms with E-state index in [-0.39, 0.29) is 11.6 Å². The molecule has 1 saturated carbocycles. The van der Waals surface area contributed by atoms with Gasteiger partial charge in [-0.25, -0.2) is 4.79 Å². The van der Waals surface area contributed by atoms with Crippen molar-refractivity contribution in [2.45, 2.75) is 43.7 Å². The van der Waals surface area contributed by atoms with Gasteiger partial charge in [0.25, 0.3) is 0 Å². The molecule has 0 amide bonds. The fourth-order valence-corrected chi connectivity index (χ4v) is 3.28. The second-order valence-electron chi connectivity index (χ2n) is 6.20. The lowest BCUT2D eigenvalue weighted by Gasteiger charge is -2.39. The minimum absolute atomic E-state index is 0.264. The van der Waals surface area contributed by atoms with Gasteiger partial charge in [-0.1, -0.05) is 18.2 Å². The minimum atomic E-state index is -0.385. The van der Waals surface area contributed by atoms with Gasteiger partial charge in [-0.2, -0.15) is 4.99 Å². The van der Waals surface area contributed by atoms with E-state index in [0.717, 1.165) is 56.5 Å². The summed E-state index contributed by atoms with van der Waals surface area (Å²) in [5, 5.41) is 0. The topological polar surface area (TPSA) is 41.9 Å². The maximum absolute atomic E-state index is 10.8. The Hall–Kier alpha value is -1.64. The summed E-state index contributed by atoms with van der Waals surface area (Å²) in [6, 6.07) is 8.04. The first kappa shape index (κ1) is 14.3. The van der Waals surface area contributed by atoms with Crippen LogP contribution in [0.1, 0.15) is 37.7 Å². The molecular weight excluding hydrogens is 264 g/mol. The molecule has 0 aromatic heterocycles. The second-order valence-corrected chi connectivity index (χ2v) is 6.20. The number of nitrogens with zero attached hydrogens (tertiary/aromatic N) is 2. The van der Waals surface area contributed by atoms with Crippen molar-refractivity contribution in [3.63, 3.8) is 0 Å². The number of hydrogen-bond donors (Lipinski definition) is 0. The summed E-state index contributed by atoms with van der Waals surface area (Å²) >= 11 is 0. The summed E-state index contributed by atoms with van der Waals surface area (Å²) in [4.78, 5) is 17.2. The van der Waals surface area contributed by atoms with Gasteiger partial charge in [0, 0.05) is 18.7 Å². The molecule has 1 saturated heterocycles. The lowest BCUT2D eigenvalue weighted by atomic mass is 9.72. The first-order chi connectivity index (χ1) is 10.2. The molecule has 4 heteroatoms. The molecule has 1 heterocycles. The van der Waals surface area contributed by atoms with Crippen LogP contribution in [0.5, 0.6) is 5.75 Å². The van der Waals surface area contributed by atoms with Crippen LogP contribution in [-0.4, -0.2) is 37.2 Å². The molecule has 0 atom stereocenters. The highest BCUT2D eigenvalue weighted by Crippen LogP contribution is 2.48. The molecule has 0 N–H and O–H groups in total. The number of piperidine rings is 1. The van der Waals surface area contributed by atoms with E-state index < -0.39 is 0 Å². The van der Waals surface area contributed by atoms with Crippen molar-refractivity contribution in [2.75, 3.05) is 20.1 Å². The molecular formula is C17H22N2O2. The predicted molar refractivity (Wildman–Crippen MR) is 81.2 cm³/mol. The van der Waals surface area contributed by atoms with Crippen molar-refractivity contribution in [1.29, 1.82) is 0 Å². The molecule has 1 aliphatic carbocycles. The van der Waals surface area contributed by atoms with E-state index in [1.54, 1.807) is 6.08 Å². The van der Waals surface area contributed by atoms with Gasteiger partial charge in [0.15, 0.2) is 0 Å². The number of aliphatic imine (C=N–C) groups is 1. The molecule has 0 radical (unpaired) electrons. The SMILES string of the molecule is CN1CCC(Oc2ccccc2C2(N=C=O)CCC2)CC1. The highest BCUT2D eigenvalue weighted by atomic mass is 16.5. The molecule has 1 aromatic rings. The van der Waals surface area contributed by atoms with Crippen LogP contribution in [0.2, 0.25) is 0 Å². The molecule has 0 bridgehead atoms. The smallest absolute Gasteiger partial charge is 0.235 e. The summed E-state index contributed by atoms with van der Waals surface area (Å²) < 4.78 is 6.25. The Balaban J connectivity index is 1.81. The molecule has 0 unspecified atom stereocenters. The molecule has 112 valence electrons. The Morgan fingerprint density at radius 3 is 2.62 bits per heavy atom. The van der Waals surface area contributed by atoms with Crippen molar-refractivity contribution >= 4 is 6.08 Å². The molecule has 3 rings (SSSR count). The highest BCUT2D eigenvalue weighted by Gasteiger charge is 2.41. The summed E-state index contributed by atoms with van der Waals surface area (Å²) in [7, 11) is 2.15. The Morgan fingerprint density at radius 1 is 1.29 bits per heavy atom. The first-order valence-corrected chi connectivity index (χ1v) is 7.77. The lowest BCUT2D eigenvalue weighted by Crippen LogP contribution is -2.37. The van der Waals surface area contributed by atoms with E-state index in [4.69, 9.17) is 4.74 Å². The number of ether oxygens (including phenoxy) is 1. The van der Waals surface area contributed by atoms with Gasteiger partial charge in [-0.15, -0.1) is 0 Å². The van der Waals surface area contributed by atoms with Crippen LogP contribution in [-0.2, 0) is 10.3 Å². The maximum Gasteiger partial charge on any atom is 0.235 e. The van der Waals surface area contributed by atoms with Crippen LogP contribution in [0.25, 0.3) is 0 Å². The standard InChI is InChI=1S/C17H22N2O2/c1-19-11-7-14(8-12-19)21-16-6-3-2-5-15(16)17(18-13-20)9-4-10-17/h2-3,5-6,14H,4,7-12H2,1H3. The van der Waals surface area contributed by atoms with Gasteiger partial charge in [-0.05, 0) is 45.2 Å². The third-order valence-electron chi connectivity index (χ3n) is 4.79. The Bertz CT molecular complexity index is 539. The molecule has 2 fully saturated rings. The molecule has 4 nitrogen and oxygen atoms in total. The molecule has 1 aliphatic heterocycles. The number of rotatable bonds is 4. The predicted octanol–water partition coefficient (Wildman–Crippen LogP) is 2.87. The largest absolute Gasteiger partial charge is 0.490 e. The summed E-state index contributed by atoms with van der Waals surface area (Å²) in [5.74, 6) is 0.894. The van der Waals surface area contributed by atoms with E-state index in [2.05, 4.69) is 16.9 Å². The summed E-state index contributed by atoms with van der Waals surface area (Å²) in [6.45, 7) is 2.15. The van der Waals surface area contributed by atoms with Crippen molar-refractivity contribution in [3.05, 3.63) is 29.8 Å². The van der Waals surface area contributed by atoms with Gasteiger partial charge >= 0.3 is 0 Å². The quantitative estimate of drug-likeness (QED) is 0.631. The van der Waals surface area contributed by atoms with Crippen LogP contribution in [0.15, 0.2) is 29.3 Å². The van der Waals surface area contributed by atoms with Crippen LogP contribution < -0.4 is 4.74 Å². The normalized spacial score (nSPS) is 22.1. The Morgan fingerprint density at radius 2 is 2.00 bits per heavy atom. The summed E-state index contributed by atoms with van der Waals surface area (Å²) in [6.07, 6.45) is 7.05. The van der Waals surface area contributed by atoms with Gasteiger partial charge in [-0.3, -0.25) is 0 Å². The van der Waals surface area contributed by atoms with Crippen molar-refractivity contribution in [2.24, 2.45) is 4.99 Å². The molecule has 1 aromatic carbocycles. The van der Waals surface area contributed by atoms with Crippen LogP contribution in [0, 0.1) is 0 Å².